The molecule has 5 heteroatoms. The average Bonchev–Trinajstić information content (AvgIpc) is 2.89. The second-order valence-electron chi connectivity index (χ2n) is 7.57. The van der Waals surface area contributed by atoms with Gasteiger partial charge >= 0.3 is 0 Å². The molecule has 0 radical (unpaired) electrons. The van der Waals surface area contributed by atoms with Gasteiger partial charge in [0.15, 0.2) is 0 Å². The lowest BCUT2D eigenvalue weighted by atomic mass is 9.92. The molecule has 0 unspecified atom stereocenters. The van der Waals surface area contributed by atoms with E-state index >= 15 is 0 Å². The van der Waals surface area contributed by atoms with Crippen LogP contribution >= 0.6 is 11.6 Å². The second kappa shape index (κ2) is 5.99. The normalized spacial score (nSPS) is 12.2. The maximum absolute atomic E-state index is 12.9. The molecule has 132 valence electrons. The van der Waals surface area contributed by atoms with Gasteiger partial charge in [0, 0.05) is 16.5 Å². The molecule has 2 aromatic carbocycles. The lowest BCUT2D eigenvalue weighted by molar-refractivity contribution is 0.566. The van der Waals surface area contributed by atoms with Crippen LogP contribution in [0.5, 0.6) is 0 Å². The Balaban J connectivity index is 2.05. The molecule has 2 heterocycles. The van der Waals surface area contributed by atoms with Crippen LogP contribution in [-0.2, 0) is 12.0 Å². The molecule has 26 heavy (non-hydrogen) atoms. The average molecular weight is 366 g/mol. The van der Waals surface area contributed by atoms with Crippen molar-refractivity contribution in [3.05, 3.63) is 81.2 Å². The summed E-state index contributed by atoms with van der Waals surface area (Å²) in [6.45, 7) is 6.79. The summed E-state index contributed by atoms with van der Waals surface area (Å²) in [6.07, 6.45) is 0. The van der Waals surface area contributed by atoms with E-state index in [0.717, 1.165) is 22.3 Å². The topological polar surface area (TPSA) is 39.3 Å². The van der Waals surface area contributed by atoms with Crippen molar-refractivity contribution in [3.63, 3.8) is 0 Å². The van der Waals surface area contributed by atoms with Crippen LogP contribution in [-0.4, -0.2) is 14.0 Å². The quantitative estimate of drug-likeness (QED) is 0.518. The molecule has 0 spiro atoms. The molecule has 4 nitrogen and oxygen atoms in total. The number of aromatic nitrogens is 3. The van der Waals surface area contributed by atoms with Crippen molar-refractivity contribution in [3.8, 4) is 0 Å². The van der Waals surface area contributed by atoms with Gasteiger partial charge in [0.2, 0.25) is 5.78 Å². The number of hydrogen-bond acceptors (Lipinski definition) is 2. The number of rotatable bonds is 2. The van der Waals surface area contributed by atoms with Gasteiger partial charge in [-0.1, -0.05) is 56.6 Å². The van der Waals surface area contributed by atoms with Gasteiger partial charge < -0.3 is 4.57 Å². The van der Waals surface area contributed by atoms with Crippen LogP contribution in [0.15, 0.2) is 59.4 Å². The zero-order valence-electron chi connectivity index (χ0n) is 15.0. The Morgan fingerprint density at radius 2 is 1.73 bits per heavy atom. The number of para-hydroxylation sites is 2. The Labute approximate surface area is 156 Å². The van der Waals surface area contributed by atoms with E-state index in [4.69, 9.17) is 16.6 Å². The highest BCUT2D eigenvalue weighted by Gasteiger charge is 2.20. The van der Waals surface area contributed by atoms with Gasteiger partial charge in [-0.3, -0.25) is 4.79 Å². The molecule has 0 aliphatic heterocycles. The van der Waals surface area contributed by atoms with Crippen molar-refractivity contribution in [1.29, 1.82) is 0 Å². The first-order valence-corrected chi connectivity index (χ1v) is 8.98. The Morgan fingerprint density at radius 3 is 2.42 bits per heavy atom. The second-order valence-corrected chi connectivity index (χ2v) is 8.01. The molecule has 0 aliphatic rings. The van der Waals surface area contributed by atoms with E-state index < -0.39 is 0 Å². The summed E-state index contributed by atoms with van der Waals surface area (Å²) in [4.78, 5) is 17.7. The standard InChI is InChI=1S/C21H20ClN3O/c1-21(2,3)18-12-19(26)25-17-10-5-4-9-16(17)24(20(25)23-18)13-14-7-6-8-15(22)11-14/h4-12H,13H2,1-3H3. The van der Waals surface area contributed by atoms with Crippen molar-refractivity contribution in [2.24, 2.45) is 0 Å². The van der Waals surface area contributed by atoms with Gasteiger partial charge in [-0.2, -0.15) is 0 Å². The first-order valence-electron chi connectivity index (χ1n) is 8.60. The maximum Gasteiger partial charge on any atom is 0.259 e. The Bertz CT molecular complexity index is 1180. The third kappa shape index (κ3) is 2.80. The minimum atomic E-state index is -0.203. The minimum Gasteiger partial charge on any atom is -0.305 e. The Kier molecular flexibility index (Phi) is 3.88. The van der Waals surface area contributed by atoms with Crippen molar-refractivity contribution < 1.29 is 0 Å². The van der Waals surface area contributed by atoms with Gasteiger partial charge in [-0.15, -0.1) is 0 Å². The highest BCUT2D eigenvalue weighted by molar-refractivity contribution is 6.30. The largest absolute Gasteiger partial charge is 0.305 e. The number of fused-ring (bicyclic) bond motifs is 3. The first-order chi connectivity index (χ1) is 12.3. The number of hydrogen-bond donors (Lipinski definition) is 0. The van der Waals surface area contributed by atoms with E-state index in [9.17, 15) is 4.79 Å². The van der Waals surface area contributed by atoms with Crippen LogP contribution < -0.4 is 5.56 Å². The van der Waals surface area contributed by atoms with Crippen LogP contribution in [0.2, 0.25) is 5.02 Å². The molecule has 2 aromatic heterocycles. The molecular formula is C21H20ClN3O. The zero-order chi connectivity index (χ0) is 18.5. The third-order valence-electron chi connectivity index (χ3n) is 4.55. The fourth-order valence-electron chi connectivity index (χ4n) is 3.22. The number of halogens is 1. The molecule has 4 aromatic rings. The smallest absolute Gasteiger partial charge is 0.259 e. The van der Waals surface area contributed by atoms with Crippen molar-refractivity contribution in [1.82, 2.24) is 14.0 Å². The lowest BCUT2D eigenvalue weighted by Crippen LogP contribution is -2.22. The van der Waals surface area contributed by atoms with Gasteiger partial charge in [0.1, 0.15) is 0 Å². The van der Waals surface area contributed by atoms with E-state index in [2.05, 4.69) is 25.3 Å². The van der Waals surface area contributed by atoms with Crippen LogP contribution in [0.25, 0.3) is 16.8 Å². The fourth-order valence-corrected chi connectivity index (χ4v) is 3.44. The molecule has 0 saturated heterocycles. The molecule has 0 fully saturated rings. The van der Waals surface area contributed by atoms with Crippen LogP contribution in [0.1, 0.15) is 32.0 Å². The van der Waals surface area contributed by atoms with Crippen LogP contribution in [0, 0.1) is 0 Å². The summed E-state index contributed by atoms with van der Waals surface area (Å²) in [5.74, 6) is 0.656. The van der Waals surface area contributed by atoms with E-state index in [1.165, 1.54) is 0 Å². The van der Waals surface area contributed by atoms with Crippen molar-refractivity contribution in [2.75, 3.05) is 0 Å². The Morgan fingerprint density at radius 1 is 1.00 bits per heavy atom. The molecular weight excluding hydrogens is 346 g/mol. The van der Waals surface area contributed by atoms with Gasteiger partial charge in [0.05, 0.1) is 23.3 Å². The molecule has 0 atom stereocenters. The summed E-state index contributed by atoms with van der Waals surface area (Å²) in [5.41, 5.74) is 3.44. The highest BCUT2D eigenvalue weighted by Crippen LogP contribution is 2.24. The molecule has 0 saturated carbocycles. The number of nitrogens with zero attached hydrogens (tertiary/aromatic N) is 3. The molecule has 0 aliphatic carbocycles. The summed E-state index contributed by atoms with van der Waals surface area (Å²) in [7, 11) is 0. The molecule has 0 bridgehead atoms. The summed E-state index contributed by atoms with van der Waals surface area (Å²) in [6, 6.07) is 17.3. The van der Waals surface area contributed by atoms with E-state index in [1.807, 2.05) is 48.5 Å². The van der Waals surface area contributed by atoms with Crippen LogP contribution in [0.4, 0.5) is 0 Å². The lowest BCUT2D eigenvalue weighted by Gasteiger charge is -2.17. The third-order valence-corrected chi connectivity index (χ3v) is 4.79. The van der Waals surface area contributed by atoms with E-state index in [0.29, 0.717) is 17.3 Å². The Hall–Kier alpha value is -2.59. The summed E-state index contributed by atoms with van der Waals surface area (Å²) in [5, 5.41) is 0.698. The SMILES string of the molecule is CC(C)(C)c1cc(=O)n2c3ccccc3n(Cc3cccc(Cl)c3)c2n1. The van der Waals surface area contributed by atoms with E-state index in [-0.39, 0.29) is 11.0 Å². The van der Waals surface area contributed by atoms with E-state index in [1.54, 1.807) is 10.5 Å². The first kappa shape index (κ1) is 16.9. The van der Waals surface area contributed by atoms with Gasteiger partial charge in [0.25, 0.3) is 5.56 Å². The van der Waals surface area contributed by atoms with Crippen LogP contribution in [0.3, 0.4) is 0 Å². The predicted octanol–water partition coefficient (Wildman–Crippen LogP) is 4.65. The molecule has 0 N–H and O–H groups in total. The summed E-state index contributed by atoms with van der Waals surface area (Å²) < 4.78 is 3.77. The molecule has 0 amide bonds. The number of benzene rings is 2. The van der Waals surface area contributed by atoms with Gasteiger partial charge in [-0.25, -0.2) is 9.38 Å². The van der Waals surface area contributed by atoms with Gasteiger partial charge in [-0.05, 0) is 29.8 Å². The number of imidazole rings is 1. The zero-order valence-corrected chi connectivity index (χ0v) is 15.8. The fraction of sp³-hybridized carbons (Fsp3) is 0.238. The highest BCUT2D eigenvalue weighted by atomic mass is 35.5. The maximum atomic E-state index is 12.9. The molecule has 4 rings (SSSR count). The van der Waals surface area contributed by atoms with Crippen molar-refractivity contribution in [2.45, 2.75) is 32.7 Å². The summed E-state index contributed by atoms with van der Waals surface area (Å²) >= 11 is 6.15. The monoisotopic (exact) mass is 365 g/mol. The minimum absolute atomic E-state index is 0.0547. The predicted molar refractivity (Wildman–Crippen MR) is 106 cm³/mol. The van der Waals surface area contributed by atoms with Crippen molar-refractivity contribution >= 4 is 28.4 Å².